The standard InChI is InChI=1S/C11H16BrFN2O3S/c1-3-11(2,6-16)15-19(17,18)9-5-7(14)4-8(12)10(9)13/h4-5,15-16H,3,6,14H2,1-2H3. The maximum absolute atomic E-state index is 13.9. The normalized spacial score (nSPS) is 15.2. The number of nitrogen functional groups attached to an aromatic ring is 1. The van der Waals surface area contributed by atoms with Crippen LogP contribution in [0.15, 0.2) is 21.5 Å². The minimum atomic E-state index is -4.11. The maximum atomic E-state index is 13.9. The van der Waals surface area contributed by atoms with E-state index in [9.17, 15) is 17.9 Å². The van der Waals surface area contributed by atoms with Gasteiger partial charge in [0.15, 0.2) is 5.82 Å². The van der Waals surface area contributed by atoms with E-state index in [0.29, 0.717) is 6.42 Å². The summed E-state index contributed by atoms with van der Waals surface area (Å²) < 4.78 is 40.4. The first-order chi connectivity index (χ1) is 8.65. The fraction of sp³-hybridized carbons (Fsp3) is 0.455. The largest absolute Gasteiger partial charge is 0.399 e. The highest BCUT2D eigenvalue weighted by Crippen LogP contribution is 2.27. The maximum Gasteiger partial charge on any atom is 0.244 e. The van der Waals surface area contributed by atoms with Crippen molar-refractivity contribution >= 4 is 31.6 Å². The molecule has 0 fully saturated rings. The molecule has 1 aromatic rings. The summed E-state index contributed by atoms with van der Waals surface area (Å²) in [6, 6.07) is 2.31. The number of rotatable bonds is 5. The Hall–Kier alpha value is -0.700. The number of anilines is 1. The highest BCUT2D eigenvalue weighted by Gasteiger charge is 2.31. The summed E-state index contributed by atoms with van der Waals surface area (Å²) in [5.74, 6) is -0.918. The average Bonchev–Trinajstić information content (AvgIpc) is 2.32. The van der Waals surface area contributed by atoms with Gasteiger partial charge in [-0.15, -0.1) is 0 Å². The number of nitrogens with one attached hydrogen (secondary N) is 1. The molecular formula is C11H16BrFN2O3S. The van der Waals surface area contributed by atoms with E-state index in [1.54, 1.807) is 6.92 Å². The first-order valence-corrected chi connectivity index (χ1v) is 7.82. The van der Waals surface area contributed by atoms with Crippen LogP contribution in [0.4, 0.5) is 10.1 Å². The van der Waals surface area contributed by atoms with Gasteiger partial charge in [0.05, 0.1) is 16.6 Å². The highest BCUT2D eigenvalue weighted by molar-refractivity contribution is 9.10. The molecule has 8 heteroatoms. The Morgan fingerprint density at radius 3 is 2.58 bits per heavy atom. The first kappa shape index (κ1) is 16.4. The first-order valence-electron chi connectivity index (χ1n) is 5.54. The molecule has 1 rings (SSSR count). The lowest BCUT2D eigenvalue weighted by molar-refractivity contribution is 0.191. The van der Waals surface area contributed by atoms with E-state index < -0.39 is 32.9 Å². The highest BCUT2D eigenvalue weighted by atomic mass is 79.9. The Kier molecular flexibility index (Phi) is 4.94. The Balaban J connectivity index is 3.29. The monoisotopic (exact) mass is 354 g/mol. The quantitative estimate of drug-likeness (QED) is 0.700. The Morgan fingerprint density at radius 2 is 2.11 bits per heavy atom. The van der Waals surface area contributed by atoms with Gasteiger partial charge in [-0.3, -0.25) is 0 Å². The molecule has 108 valence electrons. The van der Waals surface area contributed by atoms with Gasteiger partial charge in [-0.05, 0) is 41.4 Å². The number of aliphatic hydroxyl groups is 1. The lowest BCUT2D eigenvalue weighted by atomic mass is 10.0. The second-order valence-electron chi connectivity index (χ2n) is 4.49. The van der Waals surface area contributed by atoms with Gasteiger partial charge in [-0.25, -0.2) is 17.5 Å². The Morgan fingerprint density at radius 1 is 1.53 bits per heavy atom. The summed E-state index contributed by atoms with van der Waals surface area (Å²) >= 11 is 2.91. The van der Waals surface area contributed by atoms with Crippen molar-refractivity contribution in [3.63, 3.8) is 0 Å². The second-order valence-corrected chi connectivity index (χ2v) is 7.00. The van der Waals surface area contributed by atoms with E-state index in [4.69, 9.17) is 5.73 Å². The van der Waals surface area contributed by atoms with Crippen molar-refractivity contribution in [3.05, 3.63) is 22.4 Å². The van der Waals surface area contributed by atoms with Gasteiger partial charge in [0.2, 0.25) is 10.0 Å². The minimum absolute atomic E-state index is 0.0323. The third kappa shape index (κ3) is 3.65. The smallest absolute Gasteiger partial charge is 0.244 e. The fourth-order valence-corrected chi connectivity index (χ4v) is 3.59. The molecule has 0 bridgehead atoms. The lowest BCUT2D eigenvalue weighted by Crippen LogP contribution is -2.48. The third-order valence-electron chi connectivity index (χ3n) is 2.82. The van der Waals surface area contributed by atoms with Crippen LogP contribution >= 0.6 is 15.9 Å². The van der Waals surface area contributed by atoms with E-state index in [2.05, 4.69) is 20.7 Å². The van der Waals surface area contributed by atoms with E-state index in [-0.39, 0.29) is 10.2 Å². The second kappa shape index (κ2) is 5.74. The van der Waals surface area contributed by atoms with Crippen LogP contribution in [0.3, 0.4) is 0 Å². The Labute approximate surface area is 120 Å². The molecule has 0 amide bonds. The molecule has 0 heterocycles. The van der Waals surface area contributed by atoms with Crippen molar-refractivity contribution in [2.45, 2.75) is 30.7 Å². The zero-order chi connectivity index (χ0) is 14.8. The molecule has 4 N–H and O–H groups in total. The molecule has 1 atom stereocenters. The molecule has 0 aromatic heterocycles. The molecule has 0 aliphatic rings. The van der Waals surface area contributed by atoms with Gasteiger partial charge in [0.25, 0.3) is 0 Å². The van der Waals surface area contributed by atoms with Crippen molar-refractivity contribution in [2.75, 3.05) is 12.3 Å². The number of sulfonamides is 1. The fourth-order valence-electron chi connectivity index (χ4n) is 1.37. The summed E-state index contributed by atoms with van der Waals surface area (Å²) in [5.41, 5.74) is 4.58. The summed E-state index contributed by atoms with van der Waals surface area (Å²) in [4.78, 5) is -0.549. The van der Waals surface area contributed by atoms with Gasteiger partial charge >= 0.3 is 0 Å². The molecule has 0 spiro atoms. The number of hydrogen-bond donors (Lipinski definition) is 3. The van der Waals surface area contributed by atoms with Crippen LogP contribution in [0, 0.1) is 5.82 Å². The van der Waals surface area contributed by atoms with Gasteiger partial charge in [0, 0.05) is 5.69 Å². The van der Waals surface area contributed by atoms with Crippen molar-refractivity contribution in [3.8, 4) is 0 Å². The summed E-state index contributed by atoms with van der Waals surface area (Å²) in [6.45, 7) is 2.85. The summed E-state index contributed by atoms with van der Waals surface area (Å²) in [6.07, 6.45) is 0.355. The minimum Gasteiger partial charge on any atom is -0.399 e. The topological polar surface area (TPSA) is 92.4 Å². The molecule has 0 saturated carbocycles. The van der Waals surface area contributed by atoms with Crippen LogP contribution in [-0.2, 0) is 10.0 Å². The van der Waals surface area contributed by atoms with Crippen LogP contribution in [0.2, 0.25) is 0 Å². The van der Waals surface area contributed by atoms with Crippen LogP contribution in [-0.4, -0.2) is 25.7 Å². The predicted octanol–water partition coefficient (Wildman–Crippen LogP) is 1.61. The van der Waals surface area contributed by atoms with E-state index in [1.807, 2.05) is 0 Å². The number of benzene rings is 1. The zero-order valence-electron chi connectivity index (χ0n) is 10.6. The molecule has 0 radical (unpaired) electrons. The van der Waals surface area contributed by atoms with Gasteiger partial charge in [-0.1, -0.05) is 6.92 Å². The van der Waals surface area contributed by atoms with Crippen molar-refractivity contribution in [1.29, 1.82) is 0 Å². The van der Waals surface area contributed by atoms with Crippen molar-refractivity contribution < 1.29 is 17.9 Å². The molecular weight excluding hydrogens is 339 g/mol. The Bertz CT molecular complexity index is 574. The molecule has 0 aliphatic heterocycles. The van der Waals surface area contributed by atoms with Crippen molar-refractivity contribution in [1.82, 2.24) is 4.72 Å². The average molecular weight is 355 g/mol. The molecule has 0 aliphatic carbocycles. The van der Waals surface area contributed by atoms with Crippen molar-refractivity contribution in [2.24, 2.45) is 0 Å². The third-order valence-corrected chi connectivity index (χ3v) is 5.03. The zero-order valence-corrected chi connectivity index (χ0v) is 13.0. The molecule has 0 saturated heterocycles. The van der Waals surface area contributed by atoms with Crippen LogP contribution in [0.25, 0.3) is 0 Å². The molecule has 1 aromatic carbocycles. The SMILES string of the molecule is CCC(C)(CO)NS(=O)(=O)c1cc(N)cc(Br)c1F. The van der Waals surface area contributed by atoms with Gasteiger partial charge < -0.3 is 10.8 Å². The van der Waals surface area contributed by atoms with E-state index in [1.165, 1.54) is 13.0 Å². The van der Waals surface area contributed by atoms with Crippen LogP contribution < -0.4 is 10.5 Å². The molecule has 19 heavy (non-hydrogen) atoms. The van der Waals surface area contributed by atoms with Crippen LogP contribution in [0.5, 0.6) is 0 Å². The number of hydrogen-bond acceptors (Lipinski definition) is 4. The summed E-state index contributed by atoms with van der Waals surface area (Å²) in [5, 5.41) is 9.22. The number of nitrogens with two attached hydrogens (primary N) is 1. The number of aliphatic hydroxyl groups excluding tert-OH is 1. The summed E-state index contributed by atoms with van der Waals surface area (Å²) in [7, 11) is -4.11. The predicted molar refractivity (Wildman–Crippen MR) is 74.6 cm³/mol. The van der Waals surface area contributed by atoms with E-state index in [0.717, 1.165) is 6.07 Å². The molecule has 5 nitrogen and oxygen atoms in total. The van der Waals surface area contributed by atoms with Gasteiger partial charge in [0.1, 0.15) is 4.90 Å². The van der Waals surface area contributed by atoms with Gasteiger partial charge in [-0.2, -0.15) is 0 Å². The number of halogens is 2. The van der Waals surface area contributed by atoms with E-state index >= 15 is 0 Å². The lowest BCUT2D eigenvalue weighted by Gasteiger charge is -2.27. The van der Waals surface area contributed by atoms with Crippen LogP contribution in [0.1, 0.15) is 20.3 Å². The molecule has 1 unspecified atom stereocenters.